The van der Waals surface area contributed by atoms with Gasteiger partial charge in [-0.05, 0) is 45.7 Å². The van der Waals surface area contributed by atoms with Crippen molar-refractivity contribution < 1.29 is 18.7 Å². The number of hydrogen-bond acceptors (Lipinski definition) is 7. The Morgan fingerprint density at radius 2 is 1.86 bits per heavy atom. The third-order valence-corrected chi connectivity index (χ3v) is 7.73. The fourth-order valence-electron chi connectivity index (χ4n) is 6.16. The molecular formula is C26H38FN7O3. The first-order valence-electron chi connectivity index (χ1n) is 13.1. The zero-order chi connectivity index (χ0) is 26.5. The van der Waals surface area contributed by atoms with Gasteiger partial charge in [0.05, 0.1) is 5.92 Å². The topological polar surface area (TPSA) is 95.0 Å². The van der Waals surface area contributed by atoms with E-state index in [4.69, 9.17) is 4.74 Å². The minimum absolute atomic E-state index is 0.000365. The molecule has 2 aromatic rings. The molecule has 5 rings (SSSR count). The van der Waals surface area contributed by atoms with E-state index in [0.717, 1.165) is 32.5 Å². The van der Waals surface area contributed by atoms with Crippen LogP contribution in [0.15, 0.2) is 18.3 Å². The molecular weight excluding hydrogens is 477 g/mol. The third kappa shape index (κ3) is 5.44. The van der Waals surface area contributed by atoms with Crippen LogP contribution in [-0.2, 0) is 16.6 Å². The predicted octanol–water partition coefficient (Wildman–Crippen LogP) is 2.42. The van der Waals surface area contributed by atoms with E-state index in [1.165, 1.54) is 6.07 Å². The minimum atomic E-state index is -0.504. The second-order valence-electron chi connectivity index (χ2n) is 11.6. The van der Waals surface area contributed by atoms with Crippen molar-refractivity contribution >= 4 is 28.6 Å². The lowest BCUT2D eigenvalue weighted by Crippen LogP contribution is -2.59. The lowest BCUT2D eigenvalue weighted by Gasteiger charge is -2.46. The Bertz CT molecular complexity index is 1170. The highest BCUT2D eigenvalue weighted by molar-refractivity contribution is 5.95. The van der Waals surface area contributed by atoms with Crippen LogP contribution in [0.4, 0.5) is 14.9 Å². The van der Waals surface area contributed by atoms with Gasteiger partial charge in [0, 0.05) is 82.1 Å². The monoisotopic (exact) mass is 515 g/mol. The molecule has 1 aliphatic carbocycles. The second-order valence-corrected chi connectivity index (χ2v) is 11.6. The van der Waals surface area contributed by atoms with E-state index in [9.17, 15) is 14.0 Å². The SMILES string of the molecule is CN1CC2C(N1)C(C(=O)Nc1cc(F)c3nn(C)cc3c1)CCC2N1CCN(C(=O)OC(C)(C)C)CC1. The average molecular weight is 516 g/mol. The van der Waals surface area contributed by atoms with Gasteiger partial charge in [0.25, 0.3) is 0 Å². The number of rotatable bonds is 3. The summed E-state index contributed by atoms with van der Waals surface area (Å²) in [4.78, 5) is 30.1. The highest BCUT2D eigenvalue weighted by atomic mass is 19.1. The summed E-state index contributed by atoms with van der Waals surface area (Å²) in [6, 6.07) is 3.44. The van der Waals surface area contributed by atoms with Crippen LogP contribution in [0.1, 0.15) is 33.6 Å². The molecule has 2 saturated heterocycles. The molecule has 11 heteroatoms. The number of aromatic nitrogens is 2. The van der Waals surface area contributed by atoms with E-state index in [0.29, 0.717) is 35.7 Å². The van der Waals surface area contributed by atoms with Gasteiger partial charge in [0.2, 0.25) is 5.91 Å². The van der Waals surface area contributed by atoms with Crippen LogP contribution in [0.25, 0.3) is 10.9 Å². The highest BCUT2D eigenvalue weighted by Crippen LogP contribution is 2.37. The molecule has 4 unspecified atom stereocenters. The molecule has 3 heterocycles. The number of ether oxygens (including phenoxy) is 1. The number of aryl methyl sites for hydroxylation is 1. The number of amides is 2. The average Bonchev–Trinajstić information content (AvgIpc) is 3.39. The van der Waals surface area contributed by atoms with Gasteiger partial charge in [-0.3, -0.25) is 19.8 Å². The van der Waals surface area contributed by atoms with Crippen molar-refractivity contribution in [2.45, 2.75) is 51.3 Å². The Morgan fingerprint density at radius 1 is 1.14 bits per heavy atom. The summed E-state index contributed by atoms with van der Waals surface area (Å²) in [5.74, 6) is -0.477. The summed E-state index contributed by atoms with van der Waals surface area (Å²) < 4.78 is 21.7. The number of piperazine rings is 1. The van der Waals surface area contributed by atoms with E-state index >= 15 is 0 Å². The van der Waals surface area contributed by atoms with Crippen molar-refractivity contribution in [1.82, 2.24) is 30.0 Å². The number of halogens is 1. The van der Waals surface area contributed by atoms with Gasteiger partial charge in [0.1, 0.15) is 11.1 Å². The zero-order valence-corrected chi connectivity index (χ0v) is 22.3. The molecule has 3 aliphatic rings. The van der Waals surface area contributed by atoms with Crippen LogP contribution in [0, 0.1) is 17.7 Å². The van der Waals surface area contributed by atoms with Gasteiger partial charge < -0.3 is 15.0 Å². The molecule has 37 heavy (non-hydrogen) atoms. The normalized spacial score (nSPS) is 27.4. The number of benzene rings is 1. The third-order valence-electron chi connectivity index (χ3n) is 7.73. The number of nitrogens with zero attached hydrogens (tertiary/aromatic N) is 5. The summed E-state index contributed by atoms with van der Waals surface area (Å²) in [5, 5.41) is 9.84. The highest BCUT2D eigenvalue weighted by Gasteiger charge is 2.48. The van der Waals surface area contributed by atoms with E-state index in [2.05, 4.69) is 25.8 Å². The van der Waals surface area contributed by atoms with E-state index in [1.807, 2.05) is 27.8 Å². The Kier molecular flexibility index (Phi) is 6.88. The molecule has 1 aromatic carbocycles. The van der Waals surface area contributed by atoms with Crippen molar-refractivity contribution in [2.75, 3.05) is 45.1 Å². The smallest absolute Gasteiger partial charge is 0.410 e. The molecule has 3 fully saturated rings. The van der Waals surface area contributed by atoms with Crippen molar-refractivity contribution in [1.29, 1.82) is 0 Å². The molecule has 0 bridgehead atoms. The molecule has 1 saturated carbocycles. The van der Waals surface area contributed by atoms with Crippen molar-refractivity contribution in [3.63, 3.8) is 0 Å². The van der Waals surface area contributed by atoms with Crippen LogP contribution in [0.5, 0.6) is 0 Å². The fraction of sp³-hybridized carbons (Fsp3) is 0.654. The number of anilines is 1. The van der Waals surface area contributed by atoms with Gasteiger partial charge in [-0.15, -0.1) is 0 Å². The van der Waals surface area contributed by atoms with Crippen molar-refractivity contribution in [2.24, 2.45) is 18.9 Å². The van der Waals surface area contributed by atoms with Crippen LogP contribution >= 0.6 is 0 Å². The summed E-state index contributed by atoms with van der Waals surface area (Å²) >= 11 is 0. The van der Waals surface area contributed by atoms with Crippen molar-refractivity contribution in [3.05, 3.63) is 24.1 Å². The fourth-order valence-corrected chi connectivity index (χ4v) is 6.16. The van der Waals surface area contributed by atoms with E-state index in [1.54, 1.807) is 28.9 Å². The van der Waals surface area contributed by atoms with Gasteiger partial charge in [-0.2, -0.15) is 5.10 Å². The van der Waals surface area contributed by atoms with Crippen molar-refractivity contribution in [3.8, 4) is 0 Å². The van der Waals surface area contributed by atoms with Crippen LogP contribution < -0.4 is 10.7 Å². The molecule has 202 valence electrons. The van der Waals surface area contributed by atoms with E-state index in [-0.39, 0.29) is 29.9 Å². The largest absolute Gasteiger partial charge is 0.444 e. The number of carbonyl (C=O) groups is 2. The molecule has 4 atom stereocenters. The van der Waals surface area contributed by atoms with E-state index < -0.39 is 11.4 Å². The Morgan fingerprint density at radius 3 is 2.57 bits per heavy atom. The Balaban J connectivity index is 1.23. The lowest BCUT2D eigenvalue weighted by atomic mass is 9.73. The number of fused-ring (bicyclic) bond motifs is 2. The molecule has 2 aliphatic heterocycles. The summed E-state index contributed by atoms with van der Waals surface area (Å²) in [6.45, 7) is 9.35. The summed E-state index contributed by atoms with van der Waals surface area (Å²) in [7, 11) is 3.76. The van der Waals surface area contributed by atoms with Gasteiger partial charge >= 0.3 is 6.09 Å². The summed E-state index contributed by atoms with van der Waals surface area (Å²) in [6.07, 6.45) is 3.12. The molecule has 0 radical (unpaired) electrons. The van der Waals surface area contributed by atoms with Gasteiger partial charge in [-0.25, -0.2) is 14.2 Å². The van der Waals surface area contributed by atoms with Gasteiger partial charge in [-0.1, -0.05) is 0 Å². The first-order chi connectivity index (χ1) is 17.5. The van der Waals surface area contributed by atoms with Crippen LogP contribution in [-0.4, -0.2) is 94.0 Å². The zero-order valence-electron chi connectivity index (χ0n) is 22.3. The predicted molar refractivity (Wildman–Crippen MR) is 138 cm³/mol. The number of nitrogens with one attached hydrogen (secondary N) is 2. The Labute approximate surface area is 217 Å². The Hall–Kier alpha value is -2.76. The summed E-state index contributed by atoms with van der Waals surface area (Å²) in [5.41, 5.74) is 3.76. The molecule has 0 spiro atoms. The maximum atomic E-state index is 14.6. The standard InChI is InChI=1S/C26H38FN7O3/c1-26(2,3)37-25(36)34-10-8-33(9-11-34)21-7-6-18(23-19(21)15-32(5)30-23)24(35)28-17-12-16-14-31(4)29-22(16)20(27)13-17/h12-14,18-19,21,23,30H,6-11,15H2,1-5H3,(H,28,35). The molecule has 1 aromatic heterocycles. The number of carbonyl (C=O) groups excluding carboxylic acids is 2. The van der Waals surface area contributed by atoms with Gasteiger partial charge in [0.15, 0.2) is 5.82 Å². The lowest BCUT2D eigenvalue weighted by molar-refractivity contribution is -0.123. The van der Waals surface area contributed by atoms with Crippen LogP contribution in [0.2, 0.25) is 0 Å². The second kappa shape index (κ2) is 9.85. The van der Waals surface area contributed by atoms with Crippen LogP contribution in [0.3, 0.4) is 0 Å². The molecule has 10 nitrogen and oxygen atoms in total. The first-order valence-corrected chi connectivity index (χ1v) is 13.1. The number of hydrazine groups is 1. The first kappa shape index (κ1) is 25.9. The number of hydrogen-bond donors (Lipinski definition) is 2. The molecule has 2 N–H and O–H groups in total. The maximum Gasteiger partial charge on any atom is 0.410 e. The minimum Gasteiger partial charge on any atom is -0.444 e. The maximum absolute atomic E-state index is 14.6. The molecule has 2 amide bonds. The quantitative estimate of drug-likeness (QED) is 0.648.